The number of hydrogen-bond acceptors (Lipinski definition) is 5. The van der Waals surface area contributed by atoms with Crippen LogP contribution in [0.2, 0.25) is 0 Å². The van der Waals surface area contributed by atoms with Gasteiger partial charge >= 0.3 is 0 Å². The zero-order valence-corrected chi connectivity index (χ0v) is 17.3. The lowest BCUT2D eigenvalue weighted by atomic mass is 10.2. The smallest absolute Gasteiger partial charge is 0.254 e. The molecule has 4 aromatic rings. The van der Waals surface area contributed by atoms with E-state index in [-0.39, 0.29) is 5.91 Å². The van der Waals surface area contributed by atoms with Crippen molar-refractivity contribution in [2.24, 2.45) is 0 Å². The summed E-state index contributed by atoms with van der Waals surface area (Å²) in [6.45, 7) is 4.52. The van der Waals surface area contributed by atoms with Crippen LogP contribution in [0, 0.1) is 13.8 Å². The second-order valence-corrected chi connectivity index (χ2v) is 8.65. The van der Waals surface area contributed by atoms with E-state index >= 15 is 0 Å². The van der Waals surface area contributed by atoms with Crippen LogP contribution in [0.5, 0.6) is 0 Å². The van der Waals surface area contributed by atoms with E-state index in [1.54, 1.807) is 33.6 Å². The molecule has 3 aromatic heterocycles. The third-order valence-corrected chi connectivity index (χ3v) is 6.39. The summed E-state index contributed by atoms with van der Waals surface area (Å²) in [6.07, 6.45) is 2.43. The summed E-state index contributed by atoms with van der Waals surface area (Å²) in [5, 5.41) is 10.5. The summed E-state index contributed by atoms with van der Waals surface area (Å²) in [4.78, 5) is 19.5. The van der Waals surface area contributed by atoms with Crippen molar-refractivity contribution >= 4 is 28.6 Å². The molecule has 0 fully saturated rings. The minimum absolute atomic E-state index is 0.0911. The van der Waals surface area contributed by atoms with Crippen LogP contribution < -0.4 is 5.32 Å². The number of thiophene rings is 1. The second kappa shape index (κ2) is 8.08. The third kappa shape index (κ3) is 3.90. The van der Waals surface area contributed by atoms with Crippen LogP contribution >= 0.6 is 22.7 Å². The van der Waals surface area contributed by atoms with Gasteiger partial charge in [-0.3, -0.25) is 4.79 Å². The van der Waals surface area contributed by atoms with Gasteiger partial charge in [-0.2, -0.15) is 5.10 Å². The Bertz CT molecular complexity index is 1090. The van der Waals surface area contributed by atoms with Crippen molar-refractivity contribution in [1.82, 2.24) is 20.1 Å². The Labute approximate surface area is 171 Å². The quantitative estimate of drug-likeness (QED) is 0.505. The third-order valence-electron chi connectivity index (χ3n) is 4.45. The Kier molecular flexibility index (Phi) is 5.36. The van der Waals surface area contributed by atoms with E-state index in [4.69, 9.17) is 0 Å². The van der Waals surface area contributed by atoms with E-state index in [2.05, 4.69) is 32.9 Å². The van der Waals surface area contributed by atoms with Crippen molar-refractivity contribution in [3.63, 3.8) is 0 Å². The molecule has 1 N–H and O–H groups in total. The molecular weight excluding hydrogens is 388 g/mol. The first kappa shape index (κ1) is 18.6. The van der Waals surface area contributed by atoms with Gasteiger partial charge in [0.1, 0.15) is 0 Å². The number of amides is 1. The minimum atomic E-state index is -0.0911. The average Bonchev–Trinajstić information content (AvgIpc) is 3.42. The molecule has 0 saturated carbocycles. The lowest BCUT2D eigenvalue weighted by Gasteiger charge is -2.06. The van der Waals surface area contributed by atoms with Crippen LogP contribution in [0.3, 0.4) is 0 Å². The molecule has 7 heteroatoms. The SMILES string of the molecule is Cc1nc(-c2ccc(CCNC(=O)c3cnn(-c4ccccc4)c3C)s2)cs1. The highest BCUT2D eigenvalue weighted by molar-refractivity contribution is 7.16. The van der Waals surface area contributed by atoms with E-state index < -0.39 is 0 Å². The number of nitrogens with zero attached hydrogens (tertiary/aromatic N) is 3. The van der Waals surface area contributed by atoms with E-state index in [0.29, 0.717) is 12.1 Å². The number of carbonyl (C=O) groups excluding carboxylic acids is 1. The number of benzene rings is 1. The first-order chi connectivity index (χ1) is 13.6. The second-order valence-electron chi connectivity index (χ2n) is 6.41. The molecule has 0 aliphatic carbocycles. The summed E-state index contributed by atoms with van der Waals surface area (Å²) in [5.74, 6) is -0.0911. The Balaban J connectivity index is 1.37. The highest BCUT2D eigenvalue weighted by Crippen LogP contribution is 2.29. The molecule has 0 aliphatic heterocycles. The fourth-order valence-corrected chi connectivity index (χ4v) is 4.64. The maximum Gasteiger partial charge on any atom is 0.254 e. The van der Waals surface area contributed by atoms with Crippen molar-refractivity contribution in [2.45, 2.75) is 20.3 Å². The highest BCUT2D eigenvalue weighted by atomic mass is 32.1. The molecule has 0 aliphatic rings. The average molecular weight is 409 g/mol. The zero-order chi connectivity index (χ0) is 19.5. The van der Waals surface area contributed by atoms with Crippen LogP contribution in [0.1, 0.15) is 25.9 Å². The van der Waals surface area contributed by atoms with Gasteiger partial charge in [-0.1, -0.05) is 18.2 Å². The first-order valence-electron chi connectivity index (χ1n) is 9.01. The number of aromatic nitrogens is 3. The predicted octanol–water partition coefficient (Wildman–Crippen LogP) is 4.65. The van der Waals surface area contributed by atoms with Gasteiger partial charge in [0, 0.05) is 16.8 Å². The molecule has 0 spiro atoms. The Morgan fingerprint density at radius 1 is 1.14 bits per heavy atom. The fourth-order valence-electron chi connectivity index (χ4n) is 2.98. The molecule has 0 bridgehead atoms. The maximum atomic E-state index is 12.6. The maximum absolute atomic E-state index is 12.6. The van der Waals surface area contributed by atoms with Gasteiger partial charge in [0.2, 0.25) is 0 Å². The highest BCUT2D eigenvalue weighted by Gasteiger charge is 2.15. The molecule has 4 rings (SSSR count). The molecule has 0 saturated heterocycles. The van der Waals surface area contributed by atoms with E-state index in [0.717, 1.165) is 28.5 Å². The van der Waals surface area contributed by atoms with Gasteiger partial charge in [0.05, 0.1) is 38.7 Å². The number of carbonyl (C=O) groups is 1. The van der Waals surface area contributed by atoms with Crippen molar-refractivity contribution in [3.8, 4) is 16.3 Å². The van der Waals surface area contributed by atoms with E-state index in [1.807, 2.05) is 44.2 Å². The predicted molar refractivity (Wildman–Crippen MR) is 115 cm³/mol. The number of rotatable bonds is 6. The zero-order valence-electron chi connectivity index (χ0n) is 15.7. The minimum Gasteiger partial charge on any atom is -0.352 e. The molecule has 5 nitrogen and oxygen atoms in total. The standard InChI is InChI=1S/C21H20N4OS2/c1-14-18(12-23-25(14)16-6-4-3-5-7-16)21(26)22-11-10-17-8-9-20(28-17)19-13-27-15(2)24-19/h3-9,12-13H,10-11H2,1-2H3,(H,22,26). The van der Waals surface area contributed by atoms with Crippen LogP contribution in [-0.2, 0) is 6.42 Å². The lowest BCUT2D eigenvalue weighted by molar-refractivity contribution is 0.0953. The van der Waals surface area contributed by atoms with Gasteiger partial charge in [-0.25, -0.2) is 9.67 Å². The monoisotopic (exact) mass is 408 g/mol. The molecule has 0 atom stereocenters. The van der Waals surface area contributed by atoms with Crippen molar-refractivity contribution in [3.05, 3.63) is 75.2 Å². The number of hydrogen-bond donors (Lipinski definition) is 1. The number of nitrogens with one attached hydrogen (secondary N) is 1. The molecule has 28 heavy (non-hydrogen) atoms. The summed E-state index contributed by atoms with van der Waals surface area (Å²) in [6, 6.07) is 14.0. The molecular formula is C21H20N4OS2. The largest absolute Gasteiger partial charge is 0.352 e. The van der Waals surface area contributed by atoms with Crippen LogP contribution in [0.25, 0.3) is 16.3 Å². The number of thiazole rings is 1. The summed E-state index contributed by atoms with van der Waals surface area (Å²) < 4.78 is 1.79. The first-order valence-corrected chi connectivity index (χ1v) is 10.7. The normalized spacial score (nSPS) is 10.9. The van der Waals surface area contributed by atoms with Gasteiger partial charge in [-0.05, 0) is 44.5 Å². The molecule has 1 amide bonds. The Morgan fingerprint density at radius 3 is 2.71 bits per heavy atom. The molecule has 0 unspecified atom stereocenters. The lowest BCUT2D eigenvalue weighted by Crippen LogP contribution is -2.25. The summed E-state index contributed by atoms with van der Waals surface area (Å²) in [7, 11) is 0. The number of aryl methyl sites for hydroxylation is 1. The Hall–Kier alpha value is -2.77. The Morgan fingerprint density at radius 2 is 1.96 bits per heavy atom. The van der Waals surface area contributed by atoms with Gasteiger partial charge in [0.25, 0.3) is 5.91 Å². The molecule has 0 radical (unpaired) electrons. The fraction of sp³-hybridized carbons (Fsp3) is 0.190. The summed E-state index contributed by atoms with van der Waals surface area (Å²) in [5.41, 5.74) is 3.42. The van der Waals surface area contributed by atoms with Crippen molar-refractivity contribution < 1.29 is 4.79 Å². The van der Waals surface area contributed by atoms with Gasteiger partial charge in [-0.15, -0.1) is 22.7 Å². The van der Waals surface area contributed by atoms with Crippen LogP contribution in [0.4, 0.5) is 0 Å². The van der Waals surface area contributed by atoms with Crippen molar-refractivity contribution in [1.29, 1.82) is 0 Å². The van der Waals surface area contributed by atoms with Crippen LogP contribution in [0.15, 0.2) is 54.0 Å². The summed E-state index contributed by atoms with van der Waals surface area (Å²) >= 11 is 3.39. The molecule has 3 heterocycles. The van der Waals surface area contributed by atoms with Crippen LogP contribution in [-0.4, -0.2) is 27.2 Å². The van der Waals surface area contributed by atoms with E-state index in [1.165, 1.54) is 9.75 Å². The molecule has 1 aromatic carbocycles. The van der Waals surface area contributed by atoms with E-state index in [9.17, 15) is 4.79 Å². The topological polar surface area (TPSA) is 59.8 Å². The van der Waals surface area contributed by atoms with Gasteiger partial charge in [0.15, 0.2) is 0 Å². The molecule has 142 valence electrons. The van der Waals surface area contributed by atoms with Gasteiger partial charge < -0.3 is 5.32 Å². The number of para-hydroxylation sites is 1. The van der Waals surface area contributed by atoms with Crippen molar-refractivity contribution in [2.75, 3.05) is 6.54 Å².